The van der Waals surface area contributed by atoms with E-state index in [1.165, 1.54) is 24.5 Å². The van der Waals surface area contributed by atoms with Gasteiger partial charge in [-0.25, -0.2) is 4.98 Å². The number of rotatable bonds is 7. The minimum atomic E-state index is -0.559. The molecule has 2 rings (SSSR count). The van der Waals surface area contributed by atoms with Gasteiger partial charge >= 0.3 is 5.69 Å². The topological polar surface area (TPSA) is 133 Å². The van der Waals surface area contributed by atoms with E-state index in [0.29, 0.717) is 5.75 Å². The van der Waals surface area contributed by atoms with Crippen molar-refractivity contribution in [1.82, 2.24) is 4.98 Å². The maximum atomic E-state index is 10.8. The molecule has 2 aromatic rings. The second-order valence-corrected chi connectivity index (χ2v) is 4.32. The molecule has 0 spiro atoms. The number of hydrazone groups is 1. The van der Waals surface area contributed by atoms with Crippen molar-refractivity contribution in [2.45, 2.75) is 0 Å². The van der Waals surface area contributed by atoms with Gasteiger partial charge in [0, 0.05) is 12.3 Å². The summed E-state index contributed by atoms with van der Waals surface area (Å²) < 4.78 is 5.12. The predicted octanol–water partition coefficient (Wildman–Crippen LogP) is 1.30. The van der Waals surface area contributed by atoms with E-state index >= 15 is 0 Å². The molecule has 1 amide bonds. The number of anilines is 1. The molecule has 0 aliphatic rings. The van der Waals surface area contributed by atoms with Crippen molar-refractivity contribution < 1.29 is 14.5 Å². The van der Waals surface area contributed by atoms with Crippen molar-refractivity contribution in [3.63, 3.8) is 0 Å². The van der Waals surface area contributed by atoms with Crippen molar-refractivity contribution in [3.8, 4) is 5.75 Å². The van der Waals surface area contributed by atoms with Crippen LogP contribution < -0.4 is 15.9 Å². The van der Waals surface area contributed by atoms with Gasteiger partial charge in [-0.05, 0) is 35.9 Å². The van der Waals surface area contributed by atoms with Crippen LogP contribution in [-0.2, 0) is 4.79 Å². The van der Waals surface area contributed by atoms with E-state index in [4.69, 9.17) is 10.5 Å². The first-order valence-corrected chi connectivity index (χ1v) is 6.46. The summed E-state index contributed by atoms with van der Waals surface area (Å²) in [6.07, 6.45) is 2.89. The SMILES string of the molecule is NC(=O)COc1ccc(C=NNc2ncccc2[N+](=O)[O-])cc1. The number of hydrogen-bond acceptors (Lipinski definition) is 7. The van der Waals surface area contributed by atoms with Crippen LogP contribution in [0.25, 0.3) is 0 Å². The molecular weight excluding hydrogens is 302 g/mol. The highest BCUT2D eigenvalue weighted by Crippen LogP contribution is 2.20. The zero-order chi connectivity index (χ0) is 16.7. The Hall–Kier alpha value is -3.49. The first-order chi connectivity index (χ1) is 11.1. The molecule has 0 saturated heterocycles. The normalized spacial score (nSPS) is 10.4. The van der Waals surface area contributed by atoms with Crippen molar-refractivity contribution in [2.75, 3.05) is 12.0 Å². The number of nitro groups is 1. The van der Waals surface area contributed by atoms with Crippen molar-refractivity contribution in [3.05, 3.63) is 58.3 Å². The van der Waals surface area contributed by atoms with Crippen molar-refractivity contribution >= 4 is 23.6 Å². The maximum absolute atomic E-state index is 10.8. The van der Waals surface area contributed by atoms with Gasteiger partial charge < -0.3 is 10.5 Å². The Morgan fingerprint density at radius 2 is 2.13 bits per heavy atom. The summed E-state index contributed by atoms with van der Waals surface area (Å²) in [4.78, 5) is 24.7. The Bertz CT molecular complexity index is 730. The van der Waals surface area contributed by atoms with E-state index in [0.717, 1.165) is 5.56 Å². The van der Waals surface area contributed by atoms with Gasteiger partial charge in [-0.1, -0.05) is 0 Å². The molecule has 1 aromatic heterocycles. The highest BCUT2D eigenvalue weighted by molar-refractivity contribution is 5.80. The Morgan fingerprint density at radius 3 is 2.78 bits per heavy atom. The monoisotopic (exact) mass is 315 g/mol. The van der Waals surface area contributed by atoms with E-state index in [1.807, 2.05) is 0 Å². The van der Waals surface area contributed by atoms with Crippen LogP contribution in [0, 0.1) is 10.1 Å². The Kier molecular flexibility index (Phi) is 5.18. The number of nitrogens with two attached hydrogens (primary N) is 1. The molecule has 0 aliphatic carbocycles. The summed E-state index contributed by atoms with van der Waals surface area (Å²) >= 11 is 0. The molecule has 0 unspecified atom stereocenters. The third kappa shape index (κ3) is 4.77. The van der Waals surface area contributed by atoms with Gasteiger partial charge in [0.15, 0.2) is 6.61 Å². The van der Waals surface area contributed by atoms with E-state index in [2.05, 4.69) is 15.5 Å². The summed E-state index contributed by atoms with van der Waals surface area (Å²) in [5.74, 6) is -0.0128. The summed E-state index contributed by atoms with van der Waals surface area (Å²) in [5.41, 5.74) is 8.06. The lowest BCUT2D eigenvalue weighted by Gasteiger charge is -2.03. The van der Waals surface area contributed by atoms with Gasteiger partial charge in [0.25, 0.3) is 5.91 Å². The number of primary amides is 1. The quantitative estimate of drug-likeness (QED) is 0.449. The Morgan fingerprint density at radius 1 is 1.39 bits per heavy atom. The van der Waals surface area contributed by atoms with Crippen LogP contribution in [0.2, 0.25) is 0 Å². The third-order valence-corrected chi connectivity index (χ3v) is 2.63. The molecule has 9 heteroatoms. The minimum absolute atomic E-state index is 0.0511. The second-order valence-electron chi connectivity index (χ2n) is 4.32. The lowest BCUT2D eigenvalue weighted by molar-refractivity contribution is -0.384. The number of ether oxygens (including phenoxy) is 1. The van der Waals surface area contributed by atoms with Gasteiger partial charge in [0.05, 0.1) is 11.1 Å². The van der Waals surface area contributed by atoms with Crippen molar-refractivity contribution in [2.24, 2.45) is 10.8 Å². The lowest BCUT2D eigenvalue weighted by atomic mass is 10.2. The van der Waals surface area contributed by atoms with Crippen LogP contribution in [0.4, 0.5) is 11.5 Å². The number of carbonyl (C=O) groups excluding carboxylic acids is 1. The largest absolute Gasteiger partial charge is 0.484 e. The molecule has 1 aromatic carbocycles. The molecule has 3 N–H and O–H groups in total. The molecule has 0 radical (unpaired) electrons. The van der Waals surface area contributed by atoms with E-state index in [-0.39, 0.29) is 18.1 Å². The fraction of sp³-hybridized carbons (Fsp3) is 0.0714. The maximum Gasteiger partial charge on any atom is 0.313 e. The highest BCUT2D eigenvalue weighted by atomic mass is 16.6. The van der Waals surface area contributed by atoms with E-state index in [1.54, 1.807) is 24.3 Å². The van der Waals surface area contributed by atoms with Crippen molar-refractivity contribution in [1.29, 1.82) is 0 Å². The van der Waals surface area contributed by atoms with Gasteiger partial charge in [-0.2, -0.15) is 5.10 Å². The molecule has 118 valence electrons. The molecule has 0 fully saturated rings. The first-order valence-electron chi connectivity index (χ1n) is 6.46. The fourth-order valence-electron chi connectivity index (χ4n) is 1.60. The molecule has 0 bridgehead atoms. The molecule has 0 atom stereocenters. The average Bonchev–Trinajstić information content (AvgIpc) is 2.54. The highest BCUT2D eigenvalue weighted by Gasteiger charge is 2.12. The number of nitrogens with one attached hydrogen (secondary N) is 1. The van der Waals surface area contributed by atoms with E-state index < -0.39 is 10.8 Å². The molecule has 0 saturated carbocycles. The van der Waals surface area contributed by atoms with E-state index in [9.17, 15) is 14.9 Å². The number of amides is 1. The summed E-state index contributed by atoms with van der Waals surface area (Å²) in [6.45, 7) is -0.196. The summed E-state index contributed by atoms with van der Waals surface area (Å²) in [6, 6.07) is 9.50. The van der Waals surface area contributed by atoms with Crippen LogP contribution in [0.5, 0.6) is 5.75 Å². The zero-order valence-corrected chi connectivity index (χ0v) is 11.9. The first kappa shape index (κ1) is 15.9. The van der Waals surface area contributed by atoms with Crippen LogP contribution in [-0.4, -0.2) is 28.6 Å². The van der Waals surface area contributed by atoms with Gasteiger partial charge in [0.2, 0.25) is 5.82 Å². The summed E-state index contributed by atoms with van der Waals surface area (Å²) in [5, 5.41) is 14.7. The smallest absolute Gasteiger partial charge is 0.313 e. The lowest BCUT2D eigenvalue weighted by Crippen LogP contribution is -2.19. The molecule has 23 heavy (non-hydrogen) atoms. The van der Waals surface area contributed by atoms with Crippen LogP contribution >= 0.6 is 0 Å². The number of aromatic nitrogens is 1. The predicted molar refractivity (Wildman–Crippen MR) is 83.2 cm³/mol. The summed E-state index contributed by atoms with van der Waals surface area (Å²) in [7, 11) is 0. The van der Waals surface area contributed by atoms with Crippen LogP contribution in [0.15, 0.2) is 47.7 Å². The molecule has 1 heterocycles. The minimum Gasteiger partial charge on any atom is -0.484 e. The number of pyridine rings is 1. The van der Waals surface area contributed by atoms with Gasteiger partial charge in [-0.15, -0.1) is 0 Å². The van der Waals surface area contributed by atoms with Crippen LogP contribution in [0.3, 0.4) is 0 Å². The number of nitrogens with zero attached hydrogens (tertiary/aromatic N) is 3. The van der Waals surface area contributed by atoms with Gasteiger partial charge in [0.1, 0.15) is 5.75 Å². The Balaban J connectivity index is 1.98. The standard InChI is InChI=1S/C14H13N5O4/c15-13(20)9-23-11-5-3-10(4-6-11)8-17-18-14-12(19(21)22)2-1-7-16-14/h1-8H,9H2,(H2,15,20)(H,16,18). The fourth-order valence-corrected chi connectivity index (χ4v) is 1.60. The molecule has 9 nitrogen and oxygen atoms in total. The zero-order valence-electron chi connectivity index (χ0n) is 11.9. The third-order valence-electron chi connectivity index (χ3n) is 2.63. The van der Waals surface area contributed by atoms with Crippen LogP contribution in [0.1, 0.15) is 5.56 Å². The number of hydrogen-bond donors (Lipinski definition) is 2. The number of carbonyl (C=O) groups is 1. The number of benzene rings is 1. The molecular formula is C14H13N5O4. The second kappa shape index (κ2) is 7.50. The Labute approximate surface area is 130 Å². The average molecular weight is 315 g/mol. The molecule has 0 aliphatic heterocycles. The van der Waals surface area contributed by atoms with Gasteiger partial charge in [-0.3, -0.25) is 20.3 Å².